The first-order valence-electron chi connectivity index (χ1n) is 13.5. The molecule has 10 nitrogen and oxygen atoms in total. The third kappa shape index (κ3) is 7.27. The maximum Gasteiger partial charge on any atom is 0.437 e. The molecule has 0 aliphatic carbocycles. The van der Waals surface area contributed by atoms with Gasteiger partial charge in [0.05, 0.1) is 11.9 Å². The monoisotopic (exact) mass is 573 g/mol. The number of pyridine rings is 1. The van der Waals surface area contributed by atoms with Crippen LogP contribution in [0.1, 0.15) is 49.4 Å². The van der Waals surface area contributed by atoms with Gasteiger partial charge in [0, 0.05) is 45.0 Å². The molecule has 41 heavy (non-hydrogen) atoms. The molecule has 0 spiro atoms. The molecule has 13 heteroatoms. The van der Waals surface area contributed by atoms with Crippen LogP contribution < -0.4 is 20.4 Å². The minimum absolute atomic E-state index is 0.201. The van der Waals surface area contributed by atoms with Crippen LogP contribution in [0.3, 0.4) is 0 Å². The Morgan fingerprint density at radius 2 is 1.76 bits per heavy atom. The number of hydrogen-bond donors (Lipinski definition) is 2. The molecule has 4 heterocycles. The zero-order chi connectivity index (χ0) is 29.6. The summed E-state index contributed by atoms with van der Waals surface area (Å²) in [6.07, 6.45) is 4.40. The Hall–Kier alpha value is -4.29. The number of hydrogen-bond acceptors (Lipinski definition) is 7. The number of rotatable bonds is 7. The number of anilines is 3. The average molecular weight is 574 g/mol. The van der Waals surface area contributed by atoms with Crippen LogP contribution in [0.5, 0.6) is 0 Å². The highest BCUT2D eigenvalue weighted by atomic mass is 19.4. The number of piperazine rings is 1. The van der Waals surface area contributed by atoms with Gasteiger partial charge in [0.2, 0.25) is 5.76 Å². The number of carbonyl (C=O) groups is 2. The lowest BCUT2D eigenvalue weighted by Gasteiger charge is -2.35. The summed E-state index contributed by atoms with van der Waals surface area (Å²) in [5.41, 5.74) is 0.468. The highest BCUT2D eigenvalue weighted by Crippen LogP contribution is 2.35. The van der Waals surface area contributed by atoms with Crippen molar-refractivity contribution >= 4 is 29.5 Å². The molecule has 2 aliphatic heterocycles. The van der Waals surface area contributed by atoms with E-state index in [1.54, 1.807) is 34.1 Å². The molecule has 0 aromatic carbocycles. The topological polar surface area (TPSA) is 107 Å². The number of allylic oxidation sites excluding steroid dienone is 4. The van der Waals surface area contributed by atoms with Crippen LogP contribution in [-0.2, 0) is 6.18 Å². The molecule has 0 atom stereocenters. The number of aromatic nitrogens is 2. The average Bonchev–Trinajstić information content (AvgIpc) is 3.44. The summed E-state index contributed by atoms with van der Waals surface area (Å²) in [6, 6.07) is 2.81. The first kappa shape index (κ1) is 29.7. The van der Waals surface area contributed by atoms with Crippen LogP contribution in [0.15, 0.2) is 58.8 Å². The van der Waals surface area contributed by atoms with Crippen molar-refractivity contribution in [3.05, 3.63) is 65.9 Å². The number of oxazole rings is 1. The van der Waals surface area contributed by atoms with Gasteiger partial charge >= 0.3 is 12.2 Å². The second kappa shape index (κ2) is 12.9. The zero-order valence-electron chi connectivity index (χ0n) is 23.1. The summed E-state index contributed by atoms with van der Waals surface area (Å²) in [6.45, 7) is 10.5. The van der Waals surface area contributed by atoms with Crippen LogP contribution in [-0.4, -0.2) is 66.1 Å². The van der Waals surface area contributed by atoms with E-state index in [0.717, 1.165) is 24.8 Å². The molecule has 4 rings (SSSR count). The molecule has 0 unspecified atom stereocenters. The summed E-state index contributed by atoms with van der Waals surface area (Å²) in [4.78, 5) is 38.8. The van der Waals surface area contributed by atoms with E-state index in [-0.39, 0.29) is 17.7 Å². The van der Waals surface area contributed by atoms with Gasteiger partial charge < -0.3 is 29.8 Å². The number of carbonyl (C=O) groups excluding carboxylic acids is 2. The van der Waals surface area contributed by atoms with E-state index in [1.165, 1.54) is 6.20 Å². The third-order valence-electron chi connectivity index (χ3n) is 7.00. The van der Waals surface area contributed by atoms with Gasteiger partial charge in [-0.05, 0) is 56.9 Å². The van der Waals surface area contributed by atoms with Crippen molar-refractivity contribution in [1.82, 2.24) is 20.2 Å². The predicted octanol–water partition coefficient (Wildman–Crippen LogP) is 5.20. The molecule has 2 aromatic heterocycles. The Kier molecular flexibility index (Phi) is 9.35. The van der Waals surface area contributed by atoms with E-state index in [4.69, 9.17) is 4.42 Å². The minimum atomic E-state index is -4.85. The smallest absolute Gasteiger partial charge is 0.417 e. The molecule has 2 N–H and O–H groups in total. The van der Waals surface area contributed by atoms with Gasteiger partial charge in [-0.25, -0.2) is 9.78 Å². The fourth-order valence-corrected chi connectivity index (χ4v) is 4.59. The zero-order valence-corrected chi connectivity index (χ0v) is 23.1. The lowest BCUT2D eigenvalue weighted by atomic mass is 10.1. The van der Waals surface area contributed by atoms with Crippen molar-refractivity contribution in [2.24, 2.45) is 0 Å². The molecule has 3 amide bonds. The molecular weight excluding hydrogens is 539 g/mol. The summed E-state index contributed by atoms with van der Waals surface area (Å²) >= 11 is 0. The fourth-order valence-electron chi connectivity index (χ4n) is 4.59. The van der Waals surface area contributed by atoms with Gasteiger partial charge in [-0.3, -0.25) is 4.79 Å². The van der Waals surface area contributed by atoms with Gasteiger partial charge in [0.1, 0.15) is 5.82 Å². The van der Waals surface area contributed by atoms with Gasteiger partial charge in [-0.2, -0.15) is 18.2 Å². The normalized spacial score (nSPS) is 17.0. The van der Waals surface area contributed by atoms with Crippen LogP contribution >= 0.6 is 0 Å². The molecule has 2 aromatic rings. The predicted molar refractivity (Wildman–Crippen MR) is 150 cm³/mol. The lowest BCUT2D eigenvalue weighted by molar-refractivity contribution is -0.141. The number of halogens is 3. The van der Waals surface area contributed by atoms with E-state index in [2.05, 4.69) is 27.2 Å². The third-order valence-corrected chi connectivity index (χ3v) is 7.00. The van der Waals surface area contributed by atoms with Crippen LogP contribution in [0.25, 0.3) is 0 Å². The van der Waals surface area contributed by atoms with Crippen molar-refractivity contribution in [1.29, 1.82) is 0 Å². The maximum absolute atomic E-state index is 13.6. The van der Waals surface area contributed by atoms with Crippen molar-refractivity contribution in [3.8, 4) is 0 Å². The van der Waals surface area contributed by atoms with Crippen LogP contribution in [0, 0.1) is 0 Å². The first-order chi connectivity index (χ1) is 19.6. The van der Waals surface area contributed by atoms with Crippen LogP contribution in [0.4, 0.5) is 35.5 Å². The molecule has 2 saturated heterocycles. The highest BCUT2D eigenvalue weighted by molar-refractivity contribution is 6.03. The first-order valence-corrected chi connectivity index (χ1v) is 13.5. The van der Waals surface area contributed by atoms with Gasteiger partial charge in [-0.1, -0.05) is 18.7 Å². The number of alkyl halides is 3. The van der Waals surface area contributed by atoms with Crippen molar-refractivity contribution in [3.63, 3.8) is 0 Å². The SMILES string of the molecule is C=C/C=C(NC(=O)N1CCN(c2ccc(NC(=O)c3oc(N4CCCCC4)nc3C(F)(F)F)cn2)CC1)\C(C)=C/C. The van der Waals surface area contributed by atoms with Crippen molar-refractivity contribution in [2.45, 2.75) is 39.3 Å². The van der Waals surface area contributed by atoms with Crippen molar-refractivity contribution < 1.29 is 27.2 Å². The Bertz CT molecular complexity index is 1300. The molecular formula is C28H34F3N7O3. The summed E-state index contributed by atoms with van der Waals surface area (Å²) < 4.78 is 46.2. The van der Waals surface area contributed by atoms with E-state index < -0.39 is 23.5 Å². The quantitative estimate of drug-likeness (QED) is 0.439. The summed E-state index contributed by atoms with van der Waals surface area (Å²) in [5, 5.41) is 5.35. The largest absolute Gasteiger partial charge is 0.437 e. The molecule has 0 saturated carbocycles. The molecule has 0 bridgehead atoms. The van der Waals surface area contributed by atoms with E-state index in [9.17, 15) is 22.8 Å². The lowest BCUT2D eigenvalue weighted by Crippen LogP contribution is -2.51. The van der Waals surface area contributed by atoms with Gasteiger partial charge in [0.25, 0.3) is 11.9 Å². The second-order valence-corrected chi connectivity index (χ2v) is 9.77. The van der Waals surface area contributed by atoms with Crippen molar-refractivity contribution in [2.75, 3.05) is 54.4 Å². The Morgan fingerprint density at radius 3 is 2.34 bits per heavy atom. The number of piperidine rings is 1. The minimum Gasteiger partial charge on any atom is -0.417 e. The Labute approximate surface area is 236 Å². The standard InChI is InChI=1S/C28H34F3N7O3/c1-4-9-21(19(3)5-2)34-26(40)37-16-14-36(15-17-37)22-11-10-20(18-32-22)33-25(39)23-24(28(29,30)31)35-27(41-23)38-12-7-6-8-13-38/h4-5,9-11,18H,1,6-8,12-17H2,2-3H3,(H,33,39)(H,34,40)/b19-5-,21-9+. The van der Waals surface area contributed by atoms with E-state index in [0.29, 0.717) is 50.8 Å². The molecule has 220 valence electrons. The molecule has 0 radical (unpaired) electrons. The molecule has 2 aliphatic rings. The highest BCUT2D eigenvalue weighted by Gasteiger charge is 2.42. The Morgan fingerprint density at radius 1 is 1.05 bits per heavy atom. The van der Waals surface area contributed by atoms with Crippen LogP contribution in [0.2, 0.25) is 0 Å². The second-order valence-electron chi connectivity index (χ2n) is 9.77. The van der Waals surface area contributed by atoms with Gasteiger partial charge in [-0.15, -0.1) is 0 Å². The number of nitrogens with zero attached hydrogens (tertiary/aromatic N) is 5. The van der Waals surface area contributed by atoms with E-state index in [1.807, 2.05) is 24.8 Å². The maximum atomic E-state index is 13.6. The number of urea groups is 1. The number of nitrogens with one attached hydrogen (secondary N) is 2. The fraction of sp³-hybridized carbons (Fsp3) is 0.429. The van der Waals surface area contributed by atoms with E-state index >= 15 is 0 Å². The number of amides is 3. The Balaban J connectivity index is 1.36. The van der Waals surface area contributed by atoms with Gasteiger partial charge in [0.15, 0.2) is 5.69 Å². The summed E-state index contributed by atoms with van der Waals surface area (Å²) in [5.74, 6) is -1.32. The summed E-state index contributed by atoms with van der Waals surface area (Å²) in [7, 11) is 0. The molecule has 2 fully saturated rings.